The van der Waals surface area contributed by atoms with E-state index >= 15 is 0 Å². The van der Waals surface area contributed by atoms with Crippen molar-refractivity contribution in [1.29, 1.82) is 0 Å². The summed E-state index contributed by atoms with van der Waals surface area (Å²) < 4.78 is 0. The van der Waals surface area contributed by atoms with Gasteiger partial charge in [0.05, 0.1) is 35.7 Å². The molecule has 6 heterocycles. The van der Waals surface area contributed by atoms with E-state index < -0.39 is 0 Å². The molecule has 0 bridgehead atoms. The van der Waals surface area contributed by atoms with Crippen molar-refractivity contribution in [3.63, 3.8) is 0 Å². The average molecular weight is 523 g/mol. The Kier molecular flexibility index (Phi) is 5.78. The second-order valence-electron chi connectivity index (χ2n) is 9.38. The lowest BCUT2D eigenvalue weighted by atomic mass is 10.1. The number of benzene rings is 1. The van der Waals surface area contributed by atoms with Gasteiger partial charge >= 0.3 is 0 Å². The number of fused-ring (bicyclic) bond motifs is 2. The van der Waals surface area contributed by atoms with Crippen LogP contribution in [0.5, 0.6) is 0 Å². The molecular formula is C31H22N8O. The van der Waals surface area contributed by atoms with Gasteiger partial charge in [-0.15, -0.1) is 0 Å². The Morgan fingerprint density at radius 2 is 1.68 bits per heavy atom. The summed E-state index contributed by atoms with van der Waals surface area (Å²) in [5, 5.41) is 3.85. The molecule has 1 amide bonds. The van der Waals surface area contributed by atoms with E-state index in [0.717, 1.165) is 55.6 Å². The molecule has 0 aliphatic heterocycles. The highest BCUT2D eigenvalue weighted by Gasteiger charge is 2.16. The van der Waals surface area contributed by atoms with Crippen molar-refractivity contribution in [2.24, 2.45) is 0 Å². The van der Waals surface area contributed by atoms with Crippen LogP contribution < -0.4 is 5.32 Å². The molecule has 0 spiro atoms. The molecule has 0 atom stereocenters. The summed E-state index contributed by atoms with van der Waals surface area (Å²) in [6.07, 6.45) is 12.7. The van der Waals surface area contributed by atoms with Crippen LogP contribution in [-0.4, -0.2) is 40.8 Å². The summed E-state index contributed by atoms with van der Waals surface area (Å²) >= 11 is 0. The summed E-state index contributed by atoms with van der Waals surface area (Å²) in [5.41, 5.74) is 8.19. The number of amides is 1. The van der Waals surface area contributed by atoms with Gasteiger partial charge < -0.3 is 15.3 Å². The molecule has 7 rings (SSSR count). The van der Waals surface area contributed by atoms with Crippen LogP contribution in [0.2, 0.25) is 0 Å². The Labute approximate surface area is 228 Å². The summed E-state index contributed by atoms with van der Waals surface area (Å²) in [6.45, 7) is 0. The monoisotopic (exact) mass is 522 g/mol. The van der Waals surface area contributed by atoms with E-state index in [1.54, 1.807) is 37.2 Å². The predicted molar refractivity (Wildman–Crippen MR) is 154 cm³/mol. The topological polar surface area (TPSA) is 125 Å². The van der Waals surface area contributed by atoms with Gasteiger partial charge in [-0.05, 0) is 29.8 Å². The number of nitrogens with one attached hydrogen (secondary N) is 3. The Balaban J connectivity index is 1.21. The Morgan fingerprint density at radius 1 is 0.825 bits per heavy atom. The van der Waals surface area contributed by atoms with Crippen molar-refractivity contribution in [3.8, 4) is 33.8 Å². The molecule has 1 aromatic carbocycles. The van der Waals surface area contributed by atoms with Crippen LogP contribution in [0.15, 0.2) is 104 Å². The van der Waals surface area contributed by atoms with E-state index in [1.807, 2.05) is 66.9 Å². The van der Waals surface area contributed by atoms with E-state index in [9.17, 15) is 4.79 Å². The standard InChI is InChI=1S/C31H22N8O/c40-28(10-19-6-2-1-3-7-19)37-22-11-20(13-32-15-22)21-12-23-24(17-36-30(23)35-14-21)31-38-27-18-33-16-25(29(27)39-31)26-8-4-5-9-34-26/h1-9,11-18H,10H2,(H,35,36)(H,37,40)(H,38,39). The lowest BCUT2D eigenvalue weighted by Gasteiger charge is -2.08. The molecule has 0 fully saturated rings. The third-order valence-corrected chi connectivity index (χ3v) is 6.68. The smallest absolute Gasteiger partial charge is 0.228 e. The maximum Gasteiger partial charge on any atom is 0.228 e. The molecule has 0 saturated carbocycles. The molecule has 192 valence electrons. The van der Waals surface area contributed by atoms with E-state index in [1.165, 1.54) is 0 Å². The number of anilines is 1. The van der Waals surface area contributed by atoms with Gasteiger partial charge in [0.25, 0.3) is 0 Å². The minimum atomic E-state index is -0.101. The Morgan fingerprint density at radius 3 is 2.55 bits per heavy atom. The summed E-state index contributed by atoms with van der Waals surface area (Å²) in [4.78, 5) is 42.0. The number of carbonyl (C=O) groups excluding carboxylic acids is 1. The minimum absolute atomic E-state index is 0.101. The highest BCUT2D eigenvalue weighted by atomic mass is 16.1. The van der Waals surface area contributed by atoms with Crippen molar-refractivity contribution in [2.75, 3.05) is 5.32 Å². The highest BCUT2D eigenvalue weighted by molar-refractivity contribution is 5.98. The third kappa shape index (κ3) is 4.45. The number of nitrogens with zero attached hydrogens (tertiary/aromatic N) is 5. The number of carbonyl (C=O) groups is 1. The normalized spacial score (nSPS) is 11.2. The Hall–Kier alpha value is -5.70. The van der Waals surface area contributed by atoms with Gasteiger partial charge in [-0.3, -0.25) is 19.7 Å². The van der Waals surface area contributed by atoms with Gasteiger partial charge in [-0.1, -0.05) is 36.4 Å². The number of aromatic amines is 2. The van der Waals surface area contributed by atoms with Gasteiger partial charge in [0.15, 0.2) is 0 Å². The number of hydrogen-bond acceptors (Lipinski definition) is 6. The van der Waals surface area contributed by atoms with Crippen LogP contribution >= 0.6 is 0 Å². The first-order valence-electron chi connectivity index (χ1n) is 12.7. The predicted octanol–water partition coefficient (Wildman–Crippen LogP) is 5.81. The van der Waals surface area contributed by atoms with Crippen molar-refractivity contribution >= 4 is 33.7 Å². The van der Waals surface area contributed by atoms with Crippen molar-refractivity contribution < 1.29 is 4.79 Å². The molecule has 0 aliphatic carbocycles. The summed E-state index contributed by atoms with van der Waals surface area (Å²) in [6, 6.07) is 19.4. The molecule has 9 heteroatoms. The maximum atomic E-state index is 12.6. The SMILES string of the molecule is O=C(Cc1ccccc1)Nc1cncc(-c2cnc3[nH]cc(-c4nc5c(-c6ccccn6)cncc5[nH]4)c3c2)c1. The van der Waals surface area contributed by atoms with Crippen molar-refractivity contribution in [1.82, 2.24) is 34.9 Å². The largest absolute Gasteiger partial charge is 0.345 e. The highest BCUT2D eigenvalue weighted by Crippen LogP contribution is 2.33. The fourth-order valence-electron chi connectivity index (χ4n) is 4.78. The van der Waals surface area contributed by atoms with Crippen LogP contribution in [0.3, 0.4) is 0 Å². The number of aromatic nitrogens is 7. The first kappa shape index (κ1) is 23.4. The first-order chi connectivity index (χ1) is 19.7. The summed E-state index contributed by atoms with van der Waals surface area (Å²) in [5.74, 6) is 0.599. The number of hydrogen-bond donors (Lipinski definition) is 3. The molecule has 0 aliphatic rings. The van der Waals surface area contributed by atoms with Gasteiger partial charge in [0, 0.05) is 58.6 Å². The lowest BCUT2D eigenvalue weighted by molar-refractivity contribution is -0.115. The number of H-pyrrole nitrogens is 2. The van der Waals surface area contributed by atoms with E-state index in [2.05, 4.69) is 35.2 Å². The van der Waals surface area contributed by atoms with Gasteiger partial charge in [-0.25, -0.2) is 9.97 Å². The van der Waals surface area contributed by atoms with Crippen LogP contribution in [-0.2, 0) is 11.2 Å². The van der Waals surface area contributed by atoms with Crippen LogP contribution in [0.25, 0.3) is 55.8 Å². The van der Waals surface area contributed by atoms with E-state index in [0.29, 0.717) is 17.9 Å². The van der Waals surface area contributed by atoms with Gasteiger partial charge in [0.1, 0.15) is 17.0 Å². The number of pyridine rings is 4. The van der Waals surface area contributed by atoms with E-state index in [-0.39, 0.29) is 5.91 Å². The first-order valence-corrected chi connectivity index (χ1v) is 12.7. The zero-order valence-electron chi connectivity index (χ0n) is 21.2. The molecule has 6 aromatic heterocycles. The second kappa shape index (κ2) is 9.88. The lowest BCUT2D eigenvalue weighted by Crippen LogP contribution is -2.14. The van der Waals surface area contributed by atoms with Crippen LogP contribution in [0.4, 0.5) is 5.69 Å². The third-order valence-electron chi connectivity index (χ3n) is 6.68. The average Bonchev–Trinajstić information content (AvgIpc) is 3.62. The molecule has 3 N–H and O–H groups in total. The maximum absolute atomic E-state index is 12.6. The van der Waals surface area contributed by atoms with Crippen molar-refractivity contribution in [2.45, 2.75) is 6.42 Å². The van der Waals surface area contributed by atoms with E-state index in [4.69, 9.17) is 4.98 Å². The molecule has 0 radical (unpaired) electrons. The fraction of sp³-hybridized carbons (Fsp3) is 0.0323. The van der Waals surface area contributed by atoms with Crippen molar-refractivity contribution in [3.05, 3.63) is 110 Å². The molecule has 9 nitrogen and oxygen atoms in total. The molecule has 7 aromatic rings. The zero-order chi connectivity index (χ0) is 26.9. The van der Waals surface area contributed by atoms with Gasteiger partial charge in [-0.2, -0.15) is 0 Å². The Bertz CT molecular complexity index is 1980. The van der Waals surface area contributed by atoms with Crippen LogP contribution in [0.1, 0.15) is 5.56 Å². The molecule has 40 heavy (non-hydrogen) atoms. The molecular weight excluding hydrogens is 500 g/mol. The molecule has 0 saturated heterocycles. The number of imidazole rings is 1. The molecule has 0 unspecified atom stereocenters. The quantitative estimate of drug-likeness (QED) is 0.253. The fourth-order valence-corrected chi connectivity index (χ4v) is 4.78. The summed E-state index contributed by atoms with van der Waals surface area (Å²) in [7, 11) is 0. The zero-order valence-corrected chi connectivity index (χ0v) is 21.2. The minimum Gasteiger partial charge on any atom is -0.345 e. The number of rotatable bonds is 6. The van der Waals surface area contributed by atoms with Crippen LogP contribution in [0, 0.1) is 0 Å². The van der Waals surface area contributed by atoms with Gasteiger partial charge in [0.2, 0.25) is 5.91 Å². The second-order valence-corrected chi connectivity index (χ2v) is 9.38.